The van der Waals surface area contributed by atoms with E-state index in [2.05, 4.69) is 146 Å². The quantitative estimate of drug-likeness (QED) is 0.0696. The average Bonchev–Trinajstić information content (AvgIpc) is 3.40. The summed E-state index contributed by atoms with van der Waals surface area (Å²) in [6.45, 7) is 54.7. The standard InChI is InChI=1S/C10H13N.C6H7N.C6H14.2C6H12.C6H11.C5H10O.2C4H8O.2C3H6O.2C3H5O.2C2H6.3CH4.CH3.2W/c1-2-3-4-7-10-8-5-6-9-11-10;1-6-4-2-3-5-7-6;4*1-3-5-6-4-2;1-3-4-5-6-2;2*1-3-4(2)5;4*1-3(2)4;2*1-2;;;;;;/h2-3,5-6,8-9H,4,7H2,1H3;2-5H,1H3;3-6H2,1-2H3;2*5-6H,3-4H2,1-2H3;5-6H,1,3-4H2,2H3;4-5H,3H2,1-2H3;2*3H2,1-2H3;2*1-2H3;2*1H2,2H3;2*1-2H3;3*1H4;1H3;;/q;;;;;-1;;;;;;2*-1;;;;;;-1;2*+2. The molecule has 84 heavy (non-hydrogen) atoms. The summed E-state index contributed by atoms with van der Waals surface area (Å²) in [4.78, 5) is 65.4. The maximum Gasteiger partial charge on any atom is 2.00 e. The van der Waals surface area contributed by atoms with Gasteiger partial charge in [-0.15, -0.1) is 6.08 Å². The Bertz CT molecular complexity index is 1360. The second-order valence-electron chi connectivity index (χ2n) is 15.7. The van der Waals surface area contributed by atoms with Crippen molar-refractivity contribution in [2.45, 2.75) is 285 Å². The average molecular weight is 1530 g/mol. The second-order valence-corrected chi connectivity index (χ2v) is 15.7. The number of hydrogen-bond acceptors (Lipinski definition) is 9. The maximum absolute atomic E-state index is 9.81. The molecule has 0 saturated carbocycles. The summed E-state index contributed by atoms with van der Waals surface area (Å²) in [5.74, 6) is 0.676. The molecule has 0 saturated heterocycles. The van der Waals surface area contributed by atoms with Crippen LogP contribution in [0.1, 0.15) is 283 Å². The van der Waals surface area contributed by atoms with Gasteiger partial charge in [0.1, 0.15) is 23.1 Å². The van der Waals surface area contributed by atoms with Gasteiger partial charge in [-0.05, 0) is 156 Å². The van der Waals surface area contributed by atoms with E-state index in [9.17, 15) is 28.8 Å². The van der Waals surface area contributed by atoms with Crippen molar-refractivity contribution in [2.75, 3.05) is 7.11 Å². The number of carbonyl (C=O) groups excluding carboxylic acids is 6. The molecule has 2 rings (SSSR count). The number of methoxy groups -OCH3 is 1. The molecular weight excluding hydrogens is 1380 g/mol. The van der Waals surface area contributed by atoms with Gasteiger partial charge in [0.2, 0.25) is 0 Å². The predicted molar refractivity (Wildman–Crippen MR) is 377 cm³/mol. The van der Waals surface area contributed by atoms with Gasteiger partial charge in [0, 0.05) is 36.6 Å². The fourth-order valence-corrected chi connectivity index (χ4v) is 3.04. The van der Waals surface area contributed by atoms with Gasteiger partial charge in [-0.2, -0.15) is 6.42 Å². The molecule has 0 fully saturated rings. The van der Waals surface area contributed by atoms with E-state index in [0.29, 0.717) is 12.8 Å². The Kier molecular flexibility index (Phi) is 245. The number of unbranched alkanes of at least 4 members (excludes halogenated alkanes) is 3. The molecule has 2 aromatic rings. The van der Waals surface area contributed by atoms with Crippen LogP contribution in [0.15, 0.2) is 110 Å². The van der Waals surface area contributed by atoms with Crippen molar-refractivity contribution in [2.24, 2.45) is 0 Å². The first-order valence-corrected chi connectivity index (χ1v) is 28.8. The molecule has 500 valence electrons. The third-order valence-corrected chi connectivity index (χ3v) is 6.61. The number of hydrogen-bond donors (Lipinski definition) is 0. The molecule has 0 unspecified atom stereocenters. The fourth-order valence-electron chi connectivity index (χ4n) is 3.04. The molecule has 9 nitrogen and oxygen atoms in total. The zero-order chi connectivity index (χ0) is 64.1. The van der Waals surface area contributed by atoms with Crippen LogP contribution in [0.25, 0.3) is 0 Å². The monoisotopic (exact) mass is 1530 g/mol. The smallest absolute Gasteiger partial charge is 0.505 e. The molecule has 0 aliphatic heterocycles. The van der Waals surface area contributed by atoms with Gasteiger partial charge < -0.3 is 61.7 Å². The van der Waals surface area contributed by atoms with E-state index in [1.807, 2.05) is 98.0 Å². The van der Waals surface area contributed by atoms with Crippen molar-refractivity contribution in [1.82, 2.24) is 9.97 Å². The van der Waals surface area contributed by atoms with Gasteiger partial charge in [0.15, 0.2) is 0 Å². The first-order valence-electron chi connectivity index (χ1n) is 28.8. The molecule has 11 heteroatoms. The van der Waals surface area contributed by atoms with Gasteiger partial charge >= 0.3 is 42.1 Å². The van der Waals surface area contributed by atoms with Crippen LogP contribution < -0.4 is 0 Å². The minimum atomic E-state index is -0.0833. The number of rotatable bonds is 16. The largest absolute Gasteiger partial charge is 2.00 e. The van der Waals surface area contributed by atoms with Gasteiger partial charge in [0.05, 0.1) is 13.4 Å². The molecule has 0 aromatic carbocycles. The van der Waals surface area contributed by atoms with E-state index in [4.69, 9.17) is 0 Å². The molecule has 0 atom stereocenters. The van der Waals surface area contributed by atoms with Crippen LogP contribution >= 0.6 is 0 Å². The van der Waals surface area contributed by atoms with Crippen LogP contribution in [-0.4, -0.2) is 51.8 Å². The zero-order valence-corrected chi connectivity index (χ0v) is 63.6. The molecule has 0 radical (unpaired) electrons. The Morgan fingerprint density at radius 1 is 0.500 bits per heavy atom. The number of ether oxygens (including phenoxy) is 1. The molecule has 0 spiro atoms. The number of carbonyl (C=O) groups is 6. The number of aryl methyl sites for hydroxylation is 2. The summed E-state index contributed by atoms with van der Waals surface area (Å²) in [5.41, 5.74) is 2.24. The summed E-state index contributed by atoms with van der Waals surface area (Å²) in [7, 11) is 1.64. The first kappa shape index (κ1) is 134. The normalized spacial score (nSPS) is 7.93. The SMILES string of the molecule is C.C.C.CC.CC.CC(C)=O.CC(C)=O.CC=CCCc1ccccn1.CCC(C)=O.CCC(C)=O.CCC=CCC.CCC=CCC.CCC=COC.CCCCCC.Cc1ccccn1.[CH2-]C(C)=O.[CH2-]C(C)=O.[CH2-]CC=CCC.[CH3-].[W+2].[W+2]. The molecule has 0 aliphatic rings. The van der Waals surface area contributed by atoms with Crippen molar-refractivity contribution in [1.29, 1.82) is 0 Å². The number of nitrogens with zero attached hydrogens (tertiary/aromatic N) is 2. The second kappa shape index (κ2) is 153. The Hall–Kier alpha value is -4.06. The predicted octanol–water partition coefficient (Wildman–Crippen LogP) is 23.4. The summed E-state index contributed by atoms with van der Waals surface area (Å²) in [6.07, 6.45) is 41.2. The fraction of sp³-hybridized carbons (Fsp3) is 0.589. The van der Waals surface area contributed by atoms with Crippen LogP contribution in [0, 0.1) is 35.1 Å². The minimum absolute atomic E-state index is 0. The van der Waals surface area contributed by atoms with E-state index < -0.39 is 0 Å². The van der Waals surface area contributed by atoms with Gasteiger partial charge in [0.25, 0.3) is 0 Å². The number of ketones is 6. The van der Waals surface area contributed by atoms with Crippen LogP contribution in [0.2, 0.25) is 0 Å². The van der Waals surface area contributed by atoms with Crippen LogP contribution in [-0.2, 0) is 82.1 Å². The van der Waals surface area contributed by atoms with Gasteiger partial charge in [-0.25, -0.2) is 0 Å². The minimum Gasteiger partial charge on any atom is -0.505 e. The van der Waals surface area contributed by atoms with Crippen LogP contribution in [0.4, 0.5) is 0 Å². The van der Waals surface area contributed by atoms with E-state index in [0.717, 1.165) is 37.8 Å². The molecule has 0 amide bonds. The topological polar surface area (TPSA) is 137 Å². The zero-order valence-electron chi connectivity index (χ0n) is 57.7. The number of aromatic nitrogens is 2. The van der Waals surface area contributed by atoms with Gasteiger partial charge in [-0.1, -0.05) is 206 Å². The Labute approximate surface area is 557 Å². The van der Waals surface area contributed by atoms with E-state index in [1.54, 1.807) is 33.4 Å². The van der Waals surface area contributed by atoms with E-state index in [-0.39, 0.29) is 107 Å². The maximum atomic E-state index is 9.81. The Morgan fingerprint density at radius 2 is 0.774 bits per heavy atom. The number of pyridine rings is 2. The van der Waals surface area contributed by atoms with Crippen molar-refractivity contribution >= 4 is 34.7 Å². The van der Waals surface area contributed by atoms with Crippen LogP contribution in [0.5, 0.6) is 0 Å². The van der Waals surface area contributed by atoms with E-state index in [1.165, 1.54) is 98.6 Å². The van der Waals surface area contributed by atoms with E-state index >= 15 is 0 Å². The molecule has 0 aliphatic carbocycles. The number of allylic oxidation sites excluding steroid dienone is 9. The summed E-state index contributed by atoms with van der Waals surface area (Å²) in [6, 6.07) is 11.9. The molecule has 0 bridgehead atoms. The summed E-state index contributed by atoms with van der Waals surface area (Å²) >= 11 is 0. The van der Waals surface area contributed by atoms with Crippen molar-refractivity contribution in [3.05, 3.63) is 149 Å². The Balaban J connectivity index is -0.0000000320. The first-order chi connectivity index (χ1) is 36.9. The molecular formula is C73H144N2O7W2. The van der Waals surface area contributed by atoms with Crippen molar-refractivity contribution < 1.29 is 75.6 Å². The summed E-state index contributed by atoms with van der Waals surface area (Å²) in [5, 5.41) is 0. The van der Waals surface area contributed by atoms with Crippen molar-refractivity contribution in [3.63, 3.8) is 0 Å². The molecule has 2 heterocycles. The molecule has 0 N–H and O–H groups in total. The number of Topliss-reactive ketones (excluding diaryl/α,β-unsaturated/α-hetero) is 6. The molecule has 2 aromatic heterocycles. The third kappa shape index (κ3) is 357. The van der Waals surface area contributed by atoms with Gasteiger partial charge in [-0.3, -0.25) is 9.97 Å². The van der Waals surface area contributed by atoms with Crippen LogP contribution in [0.3, 0.4) is 0 Å². The Morgan fingerprint density at radius 3 is 0.917 bits per heavy atom. The summed E-state index contributed by atoms with van der Waals surface area (Å²) < 4.78 is 4.60. The van der Waals surface area contributed by atoms with Crippen molar-refractivity contribution in [3.8, 4) is 0 Å². The third-order valence-electron chi connectivity index (χ3n) is 6.61.